The van der Waals surface area contributed by atoms with Crippen LogP contribution in [0.5, 0.6) is 11.5 Å². The van der Waals surface area contributed by atoms with Crippen molar-refractivity contribution in [2.24, 2.45) is 0 Å². The molecule has 2 atom stereocenters. The summed E-state index contributed by atoms with van der Waals surface area (Å²) < 4.78 is 10.4. The number of carbonyl (C=O) groups is 2. The number of aliphatic hydroxyl groups is 1. The molecule has 2 N–H and O–H groups in total. The molecule has 2 unspecified atom stereocenters. The Labute approximate surface area is 126 Å². The second-order valence-corrected chi connectivity index (χ2v) is 5.27. The van der Waals surface area contributed by atoms with Gasteiger partial charge in [-0.3, -0.25) is 9.59 Å². The van der Waals surface area contributed by atoms with E-state index in [1.54, 1.807) is 6.92 Å². The van der Waals surface area contributed by atoms with E-state index in [-0.39, 0.29) is 28.2 Å². The summed E-state index contributed by atoms with van der Waals surface area (Å²) in [4.78, 5) is 25.1. The molecule has 114 valence electrons. The van der Waals surface area contributed by atoms with E-state index in [0.29, 0.717) is 5.57 Å². The first-order valence-electron chi connectivity index (χ1n) is 6.62. The molecule has 3 rings (SSSR count). The van der Waals surface area contributed by atoms with Gasteiger partial charge in [0.25, 0.3) is 0 Å². The van der Waals surface area contributed by atoms with Gasteiger partial charge < -0.3 is 19.7 Å². The largest absolute Gasteiger partial charge is 0.504 e. The summed E-state index contributed by atoms with van der Waals surface area (Å²) >= 11 is 0. The van der Waals surface area contributed by atoms with Gasteiger partial charge in [-0.1, -0.05) is 6.58 Å². The predicted octanol–water partition coefficient (Wildman–Crippen LogP) is 1.37. The Kier molecular flexibility index (Phi) is 3.07. The molecule has 2 aliphatic rings. The number of carbonyl (C=O) groups excluding carboxylic acids is 2. The lowest BCUT2D eigenvalue weighted by Gasteiger charge is -2.18. The SMILES string of the molecule is C=C(C)C1OC2=C(C(=O)c3c(ccc(OC)c3O)C2=O)C1O. The van der Waals surface area contributed by atoms with E-state index in [4.69, 9.17) is 9.47 Å². The van der Waals surface area contributed by atoms with Crippen LogP contribution in [0.1, 0.15) is 27.6 Å². The van der Waals surface area contributed by atoms with Crippen LogP contribution < -0.4 is 4.74 Å². The van der Waals surface area contributed by atoms with Crippen molar-refractivity contribution in [3.63, 3.8) is 0 Å². The number of benzene rings is 1. The summed E-state index contributed by atoms with van der Waals surface area (Å²) in [5, 5.41) is 20.4. The van der Waals surface area contributed by atoms with Crippen molar-refractivity contribution in [1.82, 2.24) is 0 Å². The van der Waals surface area contributed by atoms with Crippen LogP contribution in [0.3, 0.4) is 0 Å². The zero-order valence-electron chi connectivity index (χ0n) is 12.0. The lowest BCUT2D eigenvalue weighted by molar-refractivity contribution is 0.0644. The van der Waals surface area contributed by atoms with Crippen LogP contribution >= 0.6 is 0 Å². The van der Waals surface area contributed by atoms with E-state index in [1.165, 1.54) is 19.2 Å². The minimum Gasteiger partial charge on any atom is -0.504 e. The van der Waals surface area contributed by atoms with Crippen LogP contribution in [0.4, 0.5) is 0 Å². The highest BCUT2D eigenvalue weighted by atomic mass is 16.5. The molecule has 0 saturated heterocycles. The van der Waals surface area contributed by atoms with Crippen LogP contribution in [0.15, 0.2) is 35.6 Å². The molecule has 6 heteroatoms. The van der Waals surface area contributed by atoms with Crippen LogP contribution in [0.2, 0.25) is 0 Å². The number of methoxy groups -OCH3 is 1. The van der Waals surface area contributed by atoms with Gasteiger partial charge in [-0.15, -0.1) is 0 Å². The van der Waals surface area contributed by atoms with Crippen molar-refractivity contribution in [3.8, 4) is 11.5 Å². The van der Waals surface area contributed by atoms with Crippen molar-refractivity contribution in [3.05, 3.63) is 46.7 Å². The molecule has 1 aliphatic heterocycles. The molecule has 1 aromatic carbocycles. The fraction of sp³-hybridized carbons (Fsp3) is 0.250. The number of fused-ring (bicyclic) bond motifs is 1. The molecule has 1 heterocycles. The monoisotopic (exact) mass is 302 g/mol. The molecule has 0 bridgehead atoms. The van der Waals surface area contributed by atoms with Gasteiger partial charge >= 0.3 is 0 Å². The number of Topliss-reactive ketones (excluding diaryl/α,β-unsaturated/α-hetero) is 2. The molecule has 6 nitrogen and oxygen atoms in total. The highest BCUT2D eigenvalue weighted by Gasteiger charge is 2.47. The third-order valence-electron chi connectivity index (χ3n) is 3.84. The molecule has 1 aliphatic carbocycles. The number of ether oxygens (including phenoxy) is 2. The summed E-state index contributed by atoms with van der Waals surface area (Å²) in [6.07, 6.45) is -2.14. The summed E-state index contributed by atoms with van der Waals surface area (Å²) in [6, 6.07) is 2.79. The van der Waals surface area contributed by atoms with Gasteiger partial charge in [0, 0.05) is 5.56 Å². The van der Waals surface area contributed by atoms with Gasteiger partial charge in [0.15, 0.2) is 23.0 Å². The van der Waals surface area contributed by atoms with Gasteiger partial charge in [-0.05, 0) is 24.6 Å². The molecule has 0 amide bonds. The number of phenols is 1. The molecule has 0 radical (unpaired) electrons. The van der Waals surface area contributed by atoms with Gasteiger partial charge in [0.05, 0.1) is 18.2 Å². The maximum Gasteiger partial charge on any atom is 0.229 e. The maximum absolute atomic E-state index is 12.6. The number of phenolic OH excluding ortho intramolecular Hbond substituents is 1. The lowest BCUT2D eigenvalue weighted by Crippen LogP contribution is -2.28. The normalized spacial score (nSPS) is 23.0. The summed E-state index contributed by atoms with van der Waals surface area (Å²) in [6.45, 7) is 5.32. The third-order valence-corrected chi connectivity index (χ3v) is 3.84. The minimum atomic E-state index is -1.29. The Balaban J connectivity index is 2.18. The second kappa shape index (κ2) is 4.71. The molecular weight excluding hydrogens is 288 g/mol. The molecule has 0 spiro atoms. The first-order valence-corrected chi connectivity index (χ1v) is 6.62. The smallest absolute Gasteiger partial charge is 0.229 e. The molecule has 0 saturated carbocycles. The average Bonchev–Trinajstić information content (AvgIpc) is 2.83. The molecule has 1 aromatic rings. The van der Waals surface area contributed by atoms with E-state index in [2.05, 4.69) is 6.58 Å². The first-order chi connectivity index (χ1) is 10.4. The zero-order valence-corrected chi connectivity index (χ0v) is 12.0. The van der Waals surface area contributed by atoms with Crippen LogP contribution in [0, 0.1) is 0 Å². The average molecular weight is 302 g/mol. The minimum absolute atomic E-state index is 0.0246. The fourth-order valence-electron chi connectivity index (χ4n) is 2.74. The van der Waals surface area contributed by atoms with Crippen molar-refractivity contribution in [1.29, 1.82) is 0 Å². The number of allylic oxidation sites excluding steroid dienone is 1. The van der Waals surface area contributed by atoms with E-state index in [0.717, 1.165) is 0 Å². The maximum atomic E-state index is 12.6. The van der Waals surface area contributed by atoms with Crippen molar-refractivity contribution >= 4 is 11.6 Å². The Hall–Kier alpha value is -2.60. The van der Waals surface area contributed by atoms with Gasteiger partial charge in [0.1, 0.15) is 12.2 Å². The summed E-state index contributed by atoms with van der Waals surface area (Å²) in [7, 11) is 1.34. The van der Waals surface area contributed by atoms with Gasteiger partial charge in [0.2, 0.25) is 5.78 Å². The number of aromatic hydroxyl groups is 1. The predicted molar refractivity (Wildman–Crippen MR) is 76.0 cm³/mol. The quantitative estimate of drug-likeness (QED) is 0.802. The van der Waals surface area contributed by atoms with E-state index >= 15 is 0 Å². The highest BCUT2D eigenvalue weighted by Crippen LogP contribution is 2.43. The Morgan fingerprint density at radius 3 is 2.59 bits per heavy atom. The number of ketones is 2. The summed E-state index contributed by atoms with van der Waals surface area (Å²) in [5.74, 6) is -1.71. The third kappa shape index (κ3) is 1.70. The van der Waals surface area contributed by atoms with E-state index in [1.807, 2.05) is 0 Å². The molecule has 0 aromatic heterocycles. The van der Waals surface area contributed by atoms with E-state index < -0.39 is 29.5 Å². The van der Waals surface area contributed by atoms with Crippen LogP contribution in [-0.2, 0) is 4.74 Å². The van der Waals surface area contributed by atoms with Crippen LogP contribution in [0.25, 0.3) is 0 Å². The van der Waals surface area contributed by atoms with Crippen molar-refractivity contribution in [2.45, 2.75) is 19.1 Å². The zero-order chi connectivity index (χ0) is 16.2. The van der Waals surface area contributed by atoms with Crippen LogP contribution in [-0.4, -0.2) is 41.1 Å². The number of rotatable bonds is 2. The molecule has 22 heavy (non-hydrogen) atoms. The first kappa shape index (κ1) is 14.3. The summed E-state index contributed by atoms with van der Waals surface area (Å²) in [5.41, 5.74) is 0.201. The molecule has 0 fully saturated rings. The topological polar surface area (TPSA) is 93.1 Å². The van der Waals surface area contributed by atoms with Crippen molar-refractivity contribution in [2.75, 3.05) is 7.11 Å². The van der Waals surface area contributed by atoms with Gasteiger partial charge in [-0.25, -0.2) is 0 Å². The Morgan fingerprint density at radius 1 is 1.32 bits per heavy atom. The van der Waals surface area contributed by atoms with E-state index in [9.17, 15) is 19.8 Å². The second-order valence-electron chi connectivity index (χ2n) is 5.27. The van der Waals surface area contributed by atoms with Gasteiger partial charge in [-0.2, -0.15) is 0 Å². The molecular formula is C16H14O6. The Morgan fingerprint density at radius 2 is 2.00 bits per heavy atom. The fourth-order valence-corrected chi connectivity index (χ4v) is 2.74. The lowest BCUT2D eigenvalue weighted by atomic mass is 9.85. The van der Waals surface area contributed by atoms with Crippen molar-refractivity contribution < 1.29 is 29.3 Å². The number of aliphatic hydroxyl groups excluding tert-OH is 1. The standard InChI is InChI=1S/C16H14O6/c1-6(2)15-14(20)10-13(19)9-7(11(17)16(10)22-15)4-5-8(21-3)12(9)18/h4-5,14-15,18,20H,1H2,2-3H3. The number of hydrogen-bond donors (Lipinski definition) is 2. The highest BCUT2D eigenvalue weighted by molar-refractivity contribution is 6.28. The number of hydrogen-bond acceptors (Lipinski definition) is 6. The Bertz CT molecular complexity index is 758.